The average molecular weight is 357 g/mol. The van der Waals surface area contributed by atoms with Crippen LogP contribution in [-0.4, -0.2) is 37.4 Å². The zero-order valence-electron chi connectivity index (χ0n) is 12.2. The van der Waals surface area contributed by atoms with Gasteiger partial charge in [0.2, 0.25) is 0 Å². The normalized spacial score (nSPS) is 15.1. The van der Waals surface area contributed by atoms with Crippen molar-refractivity contribution < 1.29 is 14.6 Å². The van der Waals surface area contributed by atoms with Gasteiger partial charge in [0.1, 0.15) is 6.61 Å². The van der Waals surface area contributed by atoms with Gasteiger partial charge in [0.25, 0.3) is 0 Å². The number of nitrogen functional groups attached to an aromatic ring is 1. The molecule has 1 fully saturated rings. The van der Waals surface area contributed by atoms with Crippen LogP contribution < -0.4 is 10.6 Å². The molecule has 1 aromatic carbocycles. The molecule has 0 unspecified atom stereocenters. The summed E-state index contributed by atoms with van der Waals surface area (Å²) in [6, 6.07) is 1.81. The van der Waals surface area contributed by atoms with E-state index in [0.29, 0.717) is 11.3 Å². The fraction of sp³-hybridized carbons (Fsp3) is 0.533. The first-order valence-corrected chi connectivity index (χ1v) is 7.97. The van der Waals surface area contributed by atoms with Crippen LogP contribution in [0.2, 0.25) is 0 Å². The molecule has 0 atom stereocenters. The highest BCUT2D eigenvalue weighted by Gasteiger charge is 2.21. The number of ether oxygens (including phenoxy) is 1. The molecule has 0 saturated carbocycles. The van der Waals surface area contributed by atoms with Crippen molar-refractivity contribution in [1.29, 1.82) is 0 Å². The number of carbonyl (C=O) groups is 1. The van der Waals surface area contributed by atoms with Crippen molar-refractivity contribution in [2.75, 3.05) is 36.9 Å². The van der Waals surface area contributed by atoms with Crippen LogP contribution in [0.25, 0.3) is 0 Å². The van der Waals surface area contributed by atoms with Gasteiger partial charge >= 0.3 is 5.97 Å². The number of halogens is 1. The Balaban J connectivity index is 2.37. The first-order valence-electron chi connectivity index (χ1n) is 7.17. The lowest BCUT2D eigenvalue weighted by atomic mass is 10.0. The summed E-state index contributed by atoms with van der Waals surface area (Å²) in [6.45, 7) is 3.55. The van der Waals surface area contributed by atoms with Gasteiger partial charge in [-0.25, -0.2) is 4.79 Å². The van der Waals surface area contributed by atoms with Crippen molar-refractivity contribution >= 4 is 33.3 Å². The van der Waals surface area contributed by atoms with Crippen LogP contribution in [0.3, 0.4) is 0 Å². The molecule has 1 aliphatic heterocycles. The Bertz CT molecular complexity index is 528. The number of aliphatic hydroxyl groups excluding tert-OH is 1. The number of nitrogens with two attached hydrogens (primary N) is 1. The number of esters is 1. The summed E-state index contributed by atoms with van der Waals surface area (Å²) in [6.07, 6.45) is 3.50. The molecular formula is C15H21BrN2O3. The van der Waals surface area contributed by atoms with E-state index in [2.05, 4.69) is 20.8 Å². The number of rotatable bonds is 4. The van der Waals surface area contributed by atoms with Gasteiger partial charge in [-0.15, -0.1) is 0 Å². The molecule has 1 heterocycles. The van der Waals surface area contributed by atoms with E-state index in [1.54, 1.807) is 6.07 Å². The molecule has 116 valence electrons. The highest BCUT2D eigenvalue weighted by Crippen LogP contribution is 2.37. The average Bonchev–Trinajstić information content (AvgIpc) is 2.51. The standard InChI is InChI=1S/C15H21BrN2O3/c1-10-11(15(20)21-8-7-19)9-12(14(17)13(10)16)18-5-3-2-4-6-18/h9,19H,2-8,17H2,1H3. The zero-order valence-corrected chi connectivity index (χ0v) is 13.8. The van der Waals surface area contributed by atoms with Gasteiger partial charge in [-0.3, -0.25) is 0 Å². The number of hydrogen-bond acceptors (Lipinski definition) is 5. The predicted octanol–water partition coefficient (Wildman–Crippen LogP) is 2.48. The quantitative estimate of drug-likeness (QED) is 0.640. The molecule has 0 spiro atoms. The summed E-state index contributed by atoms with van der Waals surface area (Å²) in [5.74, 6) is -0.430. The molecular weight excluding hydrogens is 336 g/mol. The van der Waals surface area contributed by atoms with E-state index in [9.17, 15) is 4.79 Å². The Labute approximate surface area is 133 Å². The minimum Gasteiger partial charge on any atom is -0.460 e. The van der Waals surface area contributed by atoms with E-state index in [4.69, 9.17) is 15.6 Å². The highest BCUT2D eigenvalue weighted by molar-refractivity contribution is 9.10. The van der Waals surface area contributed by atoms with Crippen LogP contribution >= 0.6 is 15.9 Å². The predicted molar refractivity (Wildman–Crippen MR) is 86.7 cm³/mol. The summed E-state index contributed by atoms with van der Waals surface area (Å²) in [4.78, 5) is 14.3. The minimum atomic E-state index is -0.430. The van der Waals surface area contributed by atoms with Crippen molar-refractivity contribution in [2.24, 2.45) is 0 Å². The first kappa shape index (κ1) is 16.1. The Morgan fingerprint density at radius 2 is 2.10 bits per heavy atom. The van der Waals surface area contributed by atoms with Crippen molar-refractivity contribution in [3.05, 3.63) is 21.7 Å². The second-order valence-electron chi connectivity index (χ2n) is 5.20. The minimum absolute atomic E-state index is 0.000678. The van der Waals surface area contributed by atoms with Gasteiger partial charge in [0, 0.05) is 17.6 Å². The molecule has 0 aromatic heterocycles. The van der Waals surface area contributed by atoms with E-state index >= 15 is 0 Å². The van der Waals surface area contributed by atoms with Crippen molar-refractivity contribution in [1.82, 2.24) is 0 Å². The van der Waals surface area contributed by atoms with Crippen LogP contribution in [0.15, 0.2) is 10.5 Å². The lowest BCUT2D eigenvalue weighted by molar-refractivity contribution is 0.0433. The number of anilines is 2. The van der Waals surface area contributed by atoms with Crippen molar-refractivity contribution in [2.45, 2.75) is 26.2 Å². The first-order chi connectivity index (χ1) is 10.1. The molecule has 3 N–H and O–H groups in total. The molecule has 1 aromatic rings. The molecule has 0 bridgehead atoms. The second kappa shape index (κ2) is 7.13. The highest BCUT2D eigenvalue weighted by atomic mass is 79.9. The number of carbonyl (C=O) groups excluding carboxylic acids is 1. The monoisotopic (exact) mass is 356 g/mol. The molecule has 6 heteroatoms. The van der Waals surface area contributed by atoms with Gasteiger partial charge in [0.15, 0.2) is 0 Å². The topological polar surface area (TPSA) is 75.8 Å². The van der Waals surface area contributed by atoms with Crippen LogP contribution in [0.4, 0.5) is 11.4 Å². The summed E-state index contributed by atoms with van der Waals surface area (Å²) in [5.41, 5.74) is 8.99. The third-order valence-corrected chi connectivity index (χ3v) is 4.79. The molecule has 0 amide bonds. The Kier molecular flexibility index (Phi) is 5.47. The Hall–Kier alpha value is -1.27. The van der Waals surface area contributed by atoms with E-state index in [0.717, 1.165) is 41.7 Å². The van der Waals surface area contributed by atoms with Crippen LogP contribution in [0.1, 0.15) is 35.2 Å². The molecule has 1 aliphatic rings. The van der Waals surface area contributed by atoms with Crippen LogP contribution in [0.5, 0.6) is 0 Å². The smallest absolute Gasteiger partial charge is 0.338 e. The van der Waals surface area contributed by atoms with Gasteiger partial charge in [-0.1, -0.05) is 0 Å². The summed E-state index contributed by atoms with van der Waals surface area (Å²) in [7, 11) is 0. The largest absolute Gasteiger partial charge is 0.460 e. The summed E-state index contributed by atoms with van der Waals surface area (Å²) >= 11 is 3.48. The van der Waals surface area contributed by atoms with Crippen molar-refractivity contribution in [3.8, 4) is 0 Å². The Morgan fingerprint density at radius 1 is 1.43 bits per heavy atom. The maximum absolute atomic E-state index is 12.1. The van der Waals surface area contributed by atoms with Gasteiger partial charge in [0.05, 0.1) is 23.5 Å². The Morgan fingerprint density at radius 3 is 2.71 bits per heavy atom. The number of aliphatic hydroxyl groups is 1. The number of piperidine rings is 1. The second-order valence-corrected chi connectivity index (χ2v) is 6.00. The SMILES string of the molecule is Cc1c(C(=O)OCCO)cc(N2CCCCC2)c(N)c1Br. The molecule has 1 saturated heterocycles. The molecule has 21 heavy (non-hydrogen) atoms. The summed E-state index contributed by atoms with van der Waals surface area (Å²) in [5, 5.41) is 8.77. The van der Waals surface area contributed by atoms with E-state index < -0.39 is 5.97 Å². The van der Waals surface area contributed by atoms with Gasteiger partial charge in [-0.2, -0.15) is 0 Å². The molecule has 2 rings (SSSR count). The lowest BCUT2D eigenvalue weighted by Crippen LogP contribution is -2.30. The number of nitrogens with zero attached hydrogens (tertiary/aromatic N) is 1. The van der Waals surface area contributed by atoms with E-state index in [1.807, 2.05) is 6.92 Å². The van der Waals surface area contributed by atoms with Crippen LogP contribution in [0, 0.1) is 6.92 Å². The zero-order chi connectivity index (χ0) is 15.4. The van der Waals surface area contributed by atoms with Gasteiger partial charge < -0.3 is 20.5 Å². The maximum Gasteiger partial charge on any atom is 0.338 e. The van der Waals surface area contributed by atoms with E-state index in [-0.39, 0.29) is 13.2 Å². The number of hydrogen-bond donors (Lipinski definition) is 2. The van der Waals surface area contributed by atoms with Crippen molar-refractivity contribution in [3.63, 3.8) is 0 Å². The third kappa shape index (κ3) is 3.49. The summed E-state index contributed by atoms with van der Waals surface area (Å²) < 4.78 is 5.76. The van der Waals surface area contributed by atoms with Gasteiger partial charge in [-0.05, 0) is 53.7 Å². The fourth-order valence-electron chi connectivity index (χ4n) is 2.58. The fourth-order valence-corrected chi connectivity index (χ4v) is 3.00. The maximum atomic E-state index is 12.1. The lowest BCUT2D eigenvalue weighted by Gasteiger charge is -2.31. The number of benzene rings is 1. The molecule has 0 radical (unpaired) electrons. The van der Waals surface area contributed by atoms with Crippen LogP contribution in [-0.2, 0) is 4.74 Å². The third-order valence-electron chi connectivity index (χ3n) is 3.77. The molecule has 5 nitrogen and oxygen atoms in total. The molecule has 0 aliphatic carbocycles. The van der Waals surface area contributed by atoms with E-state index in [1.165, 1.54) is 6.42 Å².